The van der Waals surface area contributed by atoms with E-state index in [1.807, 2.05) is 12.2 Å². The number of rotatable bonds is 5. The summed E-state index contributed by atoms with van der Waals surface area (Å²) < 4.78 is 5.84. The van der Waals surface area contributed by atoms with Gasteiger partial charge in [-0.2, -0.15) is 0 Å². The predicted octanol–water partition coefficient (Wildman–Crippen LogP) is 3.77. The molecule has 0 N–H and O–H groups in total. The molecule has 1 aliphatic carbocycles. The minimum atomic E-state index is 0.494. The smallest absolute Gasteiger partial charge is 0.0651 e. The molecule has 1 fully saturated rings. The number of ether oxygens (including phenoxy) is 1. The minimum absolute atomic E-state index is 0.494. The van der Waals surface area contributed by atoms with Gasteiger partial charge in [0.2, 0.25) is 0 Å². The fourth-order valence-electron chi connectivity index (χ4n) is 2.17. The number of hydrogen-bond donors (Lipinski definition) is 0. The predicted molar refractivity (Wildman–Crippen MR) is 61.8 cm³/mol. The third-order valence-corrected chi connectivity index (χ3v) is 3.20. The van der Waals surface area contributed by atoms with E-state index in [0.717, 1.165) is 12.5 Å². The molecule has 14 heavy (non-hydrogen) atoms. The molecule has 0 aliphatic heterocycles. The van der Waals surface area contributed by atoms with Crippen LogP contribution in [0, 0.1) is 5.92 Å². The van der Waals surface area contributed by atoms with Gasteiger partial charge < -0.3 is 4.74 Å². The van der Waals surface area contributed by atoms with Crippen molar-refractivity contribution in [1.82, 2.24) is 0 Å². The van der Waals surface area contributed by atoms with Crippen molar-refractivity contribution in [2.24, 2.45) is 5.92 Å². The van der Waals surface area contributed by atoms with Crippen LogP contribution in [-0.4, -0.2) is 18.6 Å². The molecule has 0 radical (unpaired) electrons. The van der Waals surface area contributed by atoms with Crippen LogP contribution < -0.4 is 0 Å². The Morgan fingerprint density at radius 3 is 2.79 bits per heavy atom. The minimum Gasteiger partial charge on any atom is -0.374 e. The highest BCUT2D eigenvalue weighted by atomic mass is 35.5. The highest BCUT2D eigenvalue weighted by molar-refractivity contribution is 6.18. The fourth-order valence-corrected chi connectivity index (χ4v) is 2.30. The van der Waals surface area contributed by atoms with E-state index in [4.69, 9.17) is 16.3 Å². The van der Waals surface area contributed by atoms with Gasteiger partial charge in [-0.05, 0) is 18.8 Å². The lowest BCUT2D eigenvalue weighted by molar-refractivity contribution is 0.00254. The average Bonchev–Trinajstić information content (AvgIpc) is 2.25. The summed E-state index contributed by atoms with van der Waals surface area (Å²) in [4.78, 5) is 0. The molecule has 0 aromatic heterocycles. The molecule has 1 rings (SSSR count). The summed E-state index contributed by atoms with van der Waals surface area (Å²) in [6.07, 6.45) is 11.0. The van der Waals surface area contributed by atoms with Crippen molar-refractivity contribution in [2.75, 3.05) is 12.5 Å². The van der Waals surface area contributed by atoms with E-state index in [1.54, 1.807) is 0 Å². The summed E-state index contributed by atoms with van der Waals surface area (Å²) in [5.74, 6) is 1.37. The quantitative estimate of drug-likeness (QED) is 0.502. The second kappa shape index (κ2) is 7.30. The standard InChI is InChI=1S/C12H21ClO/c1-2-11-7-3-4-8-12(11)14-10-6-5-9-13/h5-6,11-12H,2-4,7-10H2,1H3. The molecule has 82 valence electrons. The fraction of sp³-hybridized carbons (Fsp3) is 0.833. The topological polar surface area (TPSA) is 9.23 Å². The van der Waals surface area contributed by atoms with Crippen LogP contribution in [0.2, 0.25) is 0 Å². The van der Waals surface area contributed by atoms with Crippen LogP contribution in [-0.2, 0) is 4.74 Å². The number of halogens is 1. The first kappa shape index (κ1) is 12.1. The van der Waals surface area contributed by atoms with Gasteiger partial charge in [-0.3, -0.25) is 0 Å². The first-order valence-corrected chi connectivity index (χ1v) is 6.24. The number of alkyl halides is 1. The van der Waals surface area contributed by atoms with E-state index in [9.17, 15) is 0 Å². The zero-order chi connectivity index (χ0) is 10.2. The Bertz CT molecular complexity index is 168. The Morgan fingerprint density at radius 2 is 2.07 bits per heavy atom. The molecule has 0 bridgehead atoms. The lowest BCUT2D eigenvalue weighted by Gasteiger charge is -2.30. The summed E-state index contributed by atoms with van der Waals surface area (Å²) >= 11 is 5.54. The molecule has 0 aromatic rings. The van der Waals surface area contributed by atoms with Crippen molar-refractivity contribution < 1.29 is 4.74 Å². The first-order valence-electron chi connectivity index (χ1n) is 5.71. The summed E-state index contributed by atoms with van der Waals surface area (Å²) in [6, 6.07) is 0. The van der Waals surface area contributed by atoms with Crippen molar-refractivity contribution in [1.29, 1.82) is 0 Å². The molecule has 2 unspecified atom stereocenters. The van der Waals surface area contributed by atoms with Crippen LogP contribution in [0.5, 0.6) is 0 Å². The molecule has 0 amide bonds. The van der Waals surface area contributed by atoms with Crippen LogP contribution >= 0.6 is 11.6 Å². The van der Waals surface area contributed by atoms with Gasteiger partial charge >= 0.3 is 0 Å². The molecule has 2 heteroatoms. The molecule has 1 nitrogen and oxygen atoms in total. The zero-order valence-corrected chi connectivity index (χ0v) is 9.80. The maximum absolute atomic E-state index is 5.84. The lowest BCUT2D eigenvalue weighted by Crippen LogP contribution is -2.27. The SMILES string of the molecule is CCC1CCCCC1OCC=CCCl. The van der Waals surface area contributed by atoms with Gasteiger partial charge in [0, 0.05) is 5.88 Å². The van der Waals surface area contributed by atoms with Gasteiger partial charge in [-0.15, -0.1) is 11.6 Å². The first-order chi connectivity index (χ1) is 6.88. The zero-order valence-electron chi connectivity index (χ0n) is 9.05. The Kier molecular flexibility index (Phi) is 6.29. The normalized spacial score (nSPS) is 28.4. The molecule has 1 saturated carbocycles. The van der Waals surface area contributed by atoms with E-state index < -0.39 is 0 Å². The molecular formula is C12H21ClO. The summed E-state index contributed by atoms with van der Waals surface area (Å²) in [7, 11) is 0. The Balaban J connectivity index is 2.22. The van der Waals surface area contributed by atoms with Crippen LogP contribution in [0.25, 0.3) is 0 Å². The van der Waals surface area contributed by atoms with Crippen LogP contribution in [0.1, 0.15) is 39.0 Å². The van der Waals surface area contributed by atoms with Crippen molar-refractivity contribution in [3.05, 3.63) is 12.2 Å². The summed E-state index contributed by atoms with van der Waals surface area (Å²) in [5.41, 5.74) is 0. The van der Waals surface area contributed by atoms with Gasteiger partial charge in [0.25, 0.3) is 0 Å². The van der Waals surface area contributed by atoms with Crippen molar-refractivity contribution in [3.8, 4) is 0 Å². The largest absolute Gasteiger partial charge is 0.374 e. The lowest BCUT2D eigenvalue weighted by atomic mass is 9.85. The third kappa shape index (κ3) is 4.02. The van der Waals surface area contributed by atoms with Gasteiger partial charge in [0.15, 0.2) is 0 Å². The van der Waals surface area contributed by atoms with Crippen LogP contribution in [0.4, 0.5) is 0 Å². The van der Waals surface area contributed by atoms with Gasteiger partial charge in [-0.25, -0.2) is 0 Å². The molecule has 0 spiro atoms. The maximum Gasteiger partial charge on any atom is 0.0651 e. The molecule has 0 aromatic carbocycles. The average molecular weight is 217 g/mol. The van der Waals surface area contributed by atoms with E-state index in [0.29, 0.717) is 12.0 Å². The number of allylic oxidation sites excluding steroid dienone is 1. The van der Waals surface area contributed by atoms with Gasteiger partial charge in [0.1, 0.15) is 0 Å². The number of hydrogen-bond acceptors (Lipinski definition) is 1. The van der Waals surface area contributed by atoms with E-state index in [-0.39, 0.29) is 0 Å². The van der Waals surface area contributed by atoms with E-state index in [2.05, 4.69) is 6.92 Å². The molecule has 0 heterocycles. The van der Waals surface area contributed by atoms with Crippen LogP contribution in [0.3, 0.4) is 0 Å². The Labute approximate surface area is 92.5 Å². The molecule has 1 aliphatic rings. The Morgan fingerprint density at radius 1 is 1.29 bits per heavy atom. The second-order valence-corrected chi connectivity index (χ2v) is 4.26. The summed E-state index contributed by atoms with van der Waals surface area (Å²) in [6.45, 7) is 2.99. The molecular weight excluding hydrogens is 196 g/mol. The second-order valence-electron chi connectivity index (χ2n) is 3.95. The Hall–Kier alpha value is -0.0100. The maximum atomic E-state index is 5.84. The highest BCUT2D eigenvalue weighted by Gasteiger charge is 2.23. The highest BCUT2D eigenvalue weighted by Crippen LogP contribution is 2.28. The van der Waals surface area contributed by atoms with Crippen LogP contribution in [0.15, 0.2) is 12.2 Å². The van der Waals surface area contributed by atoms with Crippen molar-refractivity contribution in [2.45, 2.75) is 45.1 Å². The molecule has 0 saturated heterocycles. The van der Waals surface area contributed by atoms with Crippen molar-refractivity contribution in [3.63, 3.8) is 0 Å². The molecule has 2 atom stereocenters. The van der Waals surface area contributed by atoms with Gasteiger partial charge in [0.05, 0.1) is 12.7 Å². The summed E-state index contributed by atoms with van der Waals surface area (Å²) in [5, 5.41) is 0. The van der Waals surface area contributed by atoms with Gasteiger partial charge in [-0.1, -0.05) is 38.3 Å². The third-order valence-electron chi connectivity index (χ3n) is 3.03. The van der Waals surface area contributed by atoms with E-state index in [1.165, 1.54) is 32.1 Å². The van der Waals surface area contributed by atoms with Crippen molar-refractivity contribution >= 4 is 11.6 Å². The van der Waals surface area contributed by atoms with E-state index >= 15 is 0 Å². The monoisotopic (exact) mass is 216 g/mol.